The molecule has 0 unspecified atom stereocenters. The maximum Gasteiger partial charge on any atom is 0.315 e. The van der Waals surface area contributed by atoms with E-state index in [1.807, 2.05) is 0 Å². The fraction of sp³-hybridized carbons (Fsp3) is 0.923. The second-order valence-electron chi connectivity index (χ2n) is 5.29. The van der Waals surface area contributed by atoms with Gasteiger partial charge in [0.1, 0.15) is 0 Å². The monoisotopic (exact) mass is 226 g/mol. The van der Waals surface area contributed by atoms with Crippen LogP contribution >= 0.6 is 0 Å². The summed E-state index contributed by atoms with van der Waals surface area (Å²) in [7, 11) is 0. The Kier molecular flexibility index (Phi) is 6.27. The molecule has 0 atom stereocenters. The van der Waals surface area contributed by atoms with E-state index in [-0.39, 0.29) is 6.03 Å². The lowest BCUT2D eigenvalue weighted by Crippen LogP contribution is -2.43. The molecule has 0 aromatic heterocycles. The molecule has 0 spiro atoms. The van der Waals surface area contributed by atoms with E-state index in [1.165, 1.54) is 32.1 Å². The number of hydrogen-bond acceptors (Lipinski definition) is 1. The van der Waals surface area contributed by atoms with Crippen molar-refractivity contribution < 1.29 is 4.79 Å². The molecule has 0 radical (unpaired) electrons. The summed E-state index contributed by atoms with van der Waals surface area (Å²) in [5.41, 5.74) is 0. The molecule has 3 nitrogen and oxygen atoms in total. The summed E-state index contributed by atoms with van der Waals surface area (Å²) in [5, 5.41) is 6.01. The van der Waals surface area contributed by atoms with Crippen LogP contribution in [0.4, 0.5) is 4.79 Å². The third-order valence-electron chi connectivity index (χ3n) is 3.11. The number of carbonyl (C=O) groups excluding carboxylic acids is 1. The zero-order valence-electron chi connectivity index (χ0n) is 10.7. The van der Waals surface area contributed by atoms with E-state index >= 15 is 0 Å². The number of nitrogens with one attached hydrogen (secondary N) is 2. The molecular weight excluding hydrogens is 200 g/mol. The summed E-state index contributed by atoms with van der Waals surface area (Å²) < 4.78 is 0. The molecule has 0 aliphatic heterocycles. The average molecular weight is 226 g/mol. The quantitative estimate of drug-likeness (QED) is 0.763. The van der Waals surface area contributed by atoms with Crippen LogP contribution in [-0.4, -0.2) is 18.6 Å². The van der Waals surface area contributed by atoms with Crippen molar-refractivity contribution in [1.29, 1.82) is 0 Å². The smallest absolute Gasteiger partial charge is 0.315 e. The molecule has 0 aromatic rings. The van der Waals surface area contributed by atoms with Gasteiger partial charge in [-0.3, -0.25) is 0 Å². The SMILES string of the molecule is CC(C)CNC(=O)NC1CCCCCCC1. The Morgan fingerprint density at radius 2 is 1.69 bits per heavy atom. The topological polar surface area (TPSA) is 41.1 Å². The van der Waals surface area contributed by atoms with Crippen LogP contribution in [0, 0.1) is 5.92 Å². The van der Waals surface area contributed by atoms with Crippen molar-refractivity contribution >= 4 is 6.03 Å². The van der Waals surface area contributed by atoms with Gasteiger partial charge in [0.2, 0.25) is 0 Å². The standard InChI is InChI=1S/C13H26N2O/c1-11(2)10-14-13(16)15-12-8-6-4-3-5-7-9-12/h11-12H,3-10H2,1-2H3,(H2,14,15,16). The molecule has 2 N–H and O–H groups in total. The van der Waals surface area contributed by atoms with Crippen molar-refractivity contribution in [1.82, 2.24) is 10.6 Å². The fourth-order valence-corrected chi connectivity index (χ4v) is 2.13. The molecule has 1 fully saturated rings. The number of amides is 2. The van der Waals surface area contributed by atoms with Gasteiger partial charge >= 0.3 is 6.03 Å². The zero-order valence-corrected chi connectivity index (χ0v) is 10.7. The van der Waals surface area contributed by atoms with Crippen LogP contribution in [0.15, 0.2) is 0 Å². The largest absolute Gasteiger partial charge is 0.338 e. The van der Waals surface area contributed by atoms with E-state index < -0.39 is 0 Å². The van der Waals surface area contributed by atoms with Gasteiger partial charge in [0, 0.05) is 12.6 Å². The Balaban J connectivity index is 2.19. The Bertz CT molecular complexity index is 196. The van der Waals surface area contributed by atoms with Crippen LogP contribution in [-0.2, 0) is 0 Å². The highest BCUT2D eigenvalue weighted by Crippen LogP contribution is 2.16. The number of hydrogen-bond donors (Lipinski definition) is 2. The minimum Gasteiger partial charge on any atom is -0.338 e. The maximum absolute atomic E-state index is 11.6. The average Bonchev–Trinajstić information content (AvgIpc) is 2.19. The minimum absolute atomic E-state index is 0.0132. The van der Waals surface area contributed by atoms with Gasteiger partial charge in [-0.1, -0.05) is 46.0 Å². The van der Waals surface area contributed by atoms with Crippen molar-refractivity contribution in [2.24, 2.45) is 5.92 Å². The molecule has 3 heteroatoms. The number of urea groups is 1. The van der Waals surface area contributed by atoms with Crippen molar-refractivity contribution in [3.8, 4) is 0 Å². The molecule has 94 valence electrons. The summed E-state index contributed by atoms with van der Waals surface area (Å²) in [6, 6.07) is 0.409. The molecule has 1 aliphatic rings. The Labute approximate surface area is 99.4 Å². The summed E-state index contributed by atoms with van der Waals surface area (Å²) in [5.74, 6) is 0.517. The predicted octanol–water partition coefficient (Wildman–Crippen LogP) is 3.05. The van der Waals surface area contributed by atoms with E-state index in [9.17, 15) is 4.79 Å². The van der Waals surface area contributed by atoms with Crippen LogP contribution in [0.5, 0.6) is 0 Å². The van der Waals surface area contributed by atoms with Gasteiger partial charge in [-0.05, 0) is 18.8 Å². The van der Waals surface area contributed by atoms with Gasteiger partial charge in [0.15, 0.2) is 0 Å². The van der Waals surface area contributed by atoms with E-state index in [1.54, 1.807) is 0 Å². The fourth-order valence-electron chi connectivity index (χ4n) is 2.13. The minimum atomic E-state index is 0.0132. The first-order chi connectivity index (χ1) is 7.68. The maximum atomic E-state index is 11.6. The highest BCUT2D eigenvalue weighted by Gasteiger charge is 2.13. The Hall–Kier alpha value is -0.730. The molecule has 16 heavy (non-hydrogen) atoms. The Morgan fingerprint density at radius 1 is 1.12 bits per heavy atom. The summed E-state index contributed by atoms with van der Waals surface area (Å²) >= 11 is 0. The lowest BCUT2D eigenvalue weighted by Gasteiger charge is -2.21. The molecule has 0 heterocycles. The van der Waals surface area contributed by atoms with Gasteiger partial charge in [-0.25, -0.2) is 4.79 Å². The first kappa shape index (κ1) is 13.3. The van der Waals surface area contributed by atoms with E-state index in [0.717, 1.165) is 19.4 Å². The summed E-state index contributed by atoms with van der Waals surface area (Å²) in [4.78, 5) is 11.6. The van der Waals surface area contributed by atoms with E-state index in [2.05, 4.69) is 24.5 Å². The van der Waals surface area contributed by atoms with Crippen molar-refractivity contribution in [3.05, 3.63) is 0 Å². The van der Waals surface area contributed by atoms with Crippen LogP contribution < -0.4 is 10.6 Å². The van der Waals surface area contributed by atoms with E-state index in [4.69, 9.17) is 0 Å². The van der Waals surface area contributed by atoms with Gasteiger partial charge in [0.25, 0.3) is 0 Å². The van der Waals surface area contributed by atoms with Crippen molar-refractivity contribution in [3.63, 3.8) is 0 Å². The van der Waals surface area contributed by atoms with Crippen molar-refractivity contribution in [2.45, 2.75) is 64.8 Å². The molecule has 0 bridgehead atoms. The lowest BCUT2D eigenvalue weighted by molar-refractivity contribution is 0.232. The zero-order chi connectivity index (χ0) is 11.8. The van der Waals surface area contributed by atoms with Crippen LogP contribution in [0.1, 0.15) is 58.8 Å². The second-order valence-corrected chi connectivity index (χ2v) is 5.29. The molecule has 0 saturated heterocycles. The molecule has 1 aliphatic carbocycles. The highest BCUT2D eigenvalue weighted by atomic mass is 16.2. The predicted molar refractivity (Wildman–Crippen MR) is 67.5 cm³/mol. The van der Waals surface area contributed by atoms with E-state index in [0.29, 0.717) is 12.0 Å². The molecular formula is C13H26N2O. The molecule has 1 saturated carbocycles. The summed E-state index contributed by atoms with van der Waals surface area (Å²) in [6.45, 7) is 4.98. The van der Waals surface area contributed by atoms with Crippen LogP contribution in [0.2, 0.25) is 0 Å². The Morgan fingerprint density at radius 3 is 2.25 bits per heavy atom. The van der Waals surface area contributed by atoms with Crippen molar-refractivity contribution in [2.75, 3.05) is 6.54 Å². The summed E-state index contributed by atoms with van der Waals surface area (Å²) in [6.07, 6.45) is 8.83. The number of rotatable bonds is 3. The lowest BCUT2D eigenvalue weighted by atomic mass is 9.97. The van der Waals surface area contributed by atoms with Gasteiger partial charge in [-0.2, -0.15) is 0 Å². The third kappa shape index (κ3) is 5.99. The molecule has 0 aromatic carbocycles. The molecule has 2 amide bonds. The number of carbonyl (C=O) groups is 1. The van der Waals surface area contributed by atoms with Gasteiger partial charge in [-0.15, -0.1) is 0 Å². The second kappa shape index (κ2) is 7.53. The first-order valence-corrected chi connectivity index (χ1v) is 6.73. The van der Waals surface area contributed by atoms with Gasteiger partial charge < -0.3 is 10.6 Å². The van der Waals surface area contributed by atoms with Gasteiger partial charge in [0.05, 0.1) is 0 Å². The first-order valence-electron chi connectivity index (χ1n) is 6.73. The highest BCUT2D eigenvalue weighted by molar-refractivity contribution is 5.74. The third-order valence-corrected chi connectivity index (χ3v) is 3.11. The molecule has 1 rings (SSSR count). The van der Waals surface area contributed by atoms with Crippen LogP contribution in [0.3, 0.4) is 0 Å². The normalized spacial score (nSPS) is 18.9. The van der Waals surface area contributed by atoms with Crippen LogP contribution in [0.25, 0.3) is 0 Å².